The number of esters is 1. The maximum absolute atomic E-state index is 11.4. The fourth-order valence-corrected chi connectivity index (χ4v) is 1.80. The average molecular weight is 267 g/mol. The van der Waals surface area contributed by atoms with E-state index in [1.165, 1.54) is 13.2 Å². The van der Waals surface area contributed by atoms with Crippen LogP contribution in [0.5, 0.6) is 0 Å². The third kappa shape index (κ3) is 3.29. The molecule has 94 valence electrons. The number of hydrogen-bond acceptors (Lipinski definition) is 6. The van der Waals surface area contributed by atoms with Gasteiger partial charge in [-0.15, -0.1) is 11.3 Å². The van der Waals surface area contributed by atoms with E-state index in [-0.39, 0.29) is 17.1 Å². The molecule has 1 heterocycles. The summed E-state index contributed by atoms with van der Waals surface area (Å²) in [5, 5.41) is 14.2. The number of rotatable bonds is 3. The molecule has 0 fully saturated rings. The lowest BCUT2D eigenvalue weighted by Crippen LogP contribution is -2.35. The second-order valence-corrected chi connectivity index (χ2v) is 3.87. The van der Waals surface area contributed by atoms with Gasteiger partial charge >= 0.3 is 17.8 Å². The number of methoxy groups -OCH3 is 1. The highest BCUT2D eigenvalue weighted by atomic mass is 32.1. The van der Waals surface area contributed by atoms with Crippen LogP contribution in [0.25, 0.3) is 0 Å². The van der Waals surface area contributed by atoms with E-state index in [1.54, 1.807) is 11.4 Å². The third-order valence-corrected chi connectivity index (χ3v) is 2.71. The predicted octanol–water partition coefficient (Wildman–Crippen LogP) is 0.113. The van der Waals surface area contributed by atoms with Gasteiger partial charge in [-0.1, -0.05) is 0 Å². The smallest absolute Gasteiger partial charge is 0.350 e. The monoisotopic (exact) mass is 267 g/mol. The van der Waals surface area contributed by atoms with Crippen molar-refractivity contribution in [3.8, 4) is 6.07 Å². The van der Waals surface area contributed by atoms with Crippen molar-refractivity contribution >= 4 is 34.8 Å². The molecule has 0 saturated carbocycles. The Bertz CT molecular complexity index is 517. The number of thiophene rings is 1. The standard InChI is InChI=1S/C10H9N3O4S/c1-17-10(16)7-6(2-5-18-7)13-9(15)8(14)12-4-3-11/h2,5H,4H2,1H3,(H,12,14)(H,13,15). The second kappa shape index (κ2) is 6.36. The molecule has 2 N–H and O–H groups in total. The van der Waals surface area contributed by atoms with E-state index in [0.29, 0.717) is 0 Å². The fraction of sp³-hybridized carbons (Fsp3) is 0.200. The molecule has 0 aliphatic rings. The van der Waals surface area contributed by atoms with Crippen LogP contribution >= 0.6 is 11.3 Å². The highest BCUT2D eigenvalue weighted by Gasteiger charge is 2.19. The maximum atomic E-state index is 11.4. The van der Waals surface area contributed by atoms with Crippen molar-refractivity contribution in [3.63, 3.8) is 0 Å². The molecule has 0 radical (unpaired) electrons. The summed E-state index contributed by atoms with van der Waals surface area (Å²) in [5.74, 6) is -2.50. The zero-order chi connectivity index (χ0) is 13.5. The molecule has 0 aliphatic heterocycles. The van der Waals surface area contributed by atoms with E-state index >= 15 is 0 Å². The van der Waals surface area contributed by atoms with Crippen LogP contribution < -0.4 is 10.6 Å². The molecule has 8 heteroatoms. The lowest BCUT2D eigenvalue weighted by atomic mass is 10.3. The van der Waals surface area contributed by atoms with Crippen LogP contribution in [0.4, 0.5) is 5.69 Å². The van der Waals surface area contributed by atoms with Gasteiger partial charge in [0, 0.05) is 0 Å². The molecule has 0 aromatic carbocycles. The maximum Gasteiger partial charge on any atom is 0.350 e. The topological polar surface area (TPSA) is 108 Å². The van der Waals surface area contributed by atoms with E-state index in [0.717, 1.165) is 11.3 Å². The number of ether oxygens (including phenoxy) is 1. The summed E-state index contributed by atoms with van der Waals surface area (Å²) >= 11 is 1.08. The molecular formula is C10H9N3O4S. The Kier molecular flexibility index (Phi) is 4.83. The van der Waals surface area contributed by atoms with Crippen molar-refractivity contribution in [1.29, 1.82) is 5.26 Å². The van der Waals surface area contributed by atoms with Gasteiger partial charge < -0.3 is 15.4 Å². The number of hydrogen-bond donors (Lipinski definition) is 2. The number of nitrogens with one attached hydrogen (secondary N) is 2. The van der Waals surface area contributed by atoms with E-state index in [9.17, 15) is 14.4 Å². The molecule has 1 aromatic heterocycles. The first-order valence-corrected chi connectivity index (χ1v) is 5.60. The number of nitriles is 1. The summed E-state index contributed by atoms with van der Waals surface area (Å²) < 4.78 is 4.52. The largest absolute Gasteiger partial charge is 0.465 e. The Hall–Kier alpha value is -2.40. The van der Waals surface area contributed by atoms with Gasteiger partial charge in [-0.2, -0.15) is 5.26 Å². The Morgan fingerprint density at radius 1 is 1.44 bits per heavy atom. The minimum absolute atomic E-state index is 0.193. The van der Waals surface area contributed by atoms with Crippen molar-refractivity contribution in [1.82, 2.24) is 5.32 Å². The zero-order valence-corrected chi connectivity index (χ0v) is 10.2. The normalized spacial score (nSPS) is 9.11. The summed E-state index contributed by atoms with van der Waals surface area (Å²) in [6.07, 6.45) is 0. The molecular weight excluding hydrogens is 258 g/mol. The van der Waals surface area contributed by atoms with Gasteiger partial charge in [-0.3, -0.25) is 9.59 Å². The summed E-state index contributed by atoms with van der Waals surface area (Å²) in [6.45, 7) is -0.264. The van der Waals surface area contributed by atoms with Gasteiger partial charge in [0.25, 0.3) is 0 Å². The van der Waals surface area contributed by atoms with Crippen molar-refractivity contribution in [3.05, 3.63) is 16.3 Å². The number of anilines is 1. The van der Waals surface area contributed by atoms with Crippen LogP contribution in [-0.2, 0) is 14.3 Å². The Labute approximate surface area is 106 Å². The van der Waals surface area contributed by atoms with E-state index in [2.05, 4.69) is 15.4 Å². The van der Waals surface area contributed by atoms with Crippen LogP contribution in [0.3, 0.4) is 0 Å². The van der Waals surface area contributed by atoms with Gasteiger partial charge in [0.15, 0.2) is 0 Å². The number of carbonyl (C=O) groups is 3. The van der Waals surface area contributed by atoms with Crippen molar-refractivity contribution < 1.29 is 19.1 Å². The molecule has 2 amide bonds. The molecule has 0 unspecified atom stereocenters. The quantitative estimate of drug-likeness (QED) is 0.459. The minimum Gasteiger partial charge on any atom is -0.465 e. The van der Waals surface area contributed by atoms with Crippen molar-refractivity contribution in [2.75, 3.05) is 19.0 Å². The van der Waals surface area contributed by atoms with E-state index in [4.69, 9.17) is 5.26 Å². The molecule has 0 atom stereocenters. The lowest BCUT2D eigenvalue weighted by Gasteiger charge is -2.04. The van der Waals surface area contributed by atoms with Crippen LogP contribution in [0, 0.1) is 11.3 Å². The first kappa shape index (κ1) is 13.7. The lowest BCUT2D eigenvalue weighted by molar-refractivity contribution is -0.136. The van der Waals surface area contributed by atoms with Crippen LogP contribution in [0.1, 0.15) is 9.67 Å². The van der Waals surface area contributed by atoms with Crippen LogP contribution in [-0.4, -0.2) is 31.4 Å². The highest BCUT2D eigenvalue weighted by molar-refractivity contribution is 7.12. The van der Waals surface area contributed by atoms with Crippen molar-refractivity contribution in [2.24, 2.45) is 0 Å². The first-order valence-electron chi connectivity index (χ1n) is 4.72. The van der Waals surface area contributed by atoms with Crippen LogP contribution in [0.15, 0.2) is 11.4 Å². The Balaban J connectivity index is 2.71. The molecule has 0 bridgehead atoms. The molecule has 0 aliphatic carbocycles. The average Bonchev–Trinajstić information content (AvgIpc) is 2.82. The van der Waals surface area contributed by atoms with Gasteiger partial charge in [0.05, 0.1) is 18.9 Å². The fourth-order valence-electron chi connectivity index (χ4n) is 1.04. The Morgan fingerprint density at radius 2 is 2.17 bits per heavy atom. The molecule has 0 spiro atoms. The summed E-state index contributed by atoms with van der Waals surface area (Å²) in [5.41, 5.74) is 0.198. The number of nitrogens with zero attached hydrogens (tertiary/aromatic N) is 1. The predicted molar refractivity (Wildman–Crippen MR) is 62.9 cm³/mol. The molecule has 7 nitrogen and oxygen atoms in total. The van der Waals surface area contributed by atoms with Crippen LogP contribution in [0.2, 0.25) is 0 Å². The summed E-state index contributed by atoms with van der Waals surface area (Å²) in [4.78, 5) is 34.1. The Morgan fingerprint density at radius 3 is 2.78 bits per heavy atom. The first-order chi connectivity index (χ1) is 8.60. The molecule has 0 saturated heterocycles. The molecule has 1 rings (SSSR count). The van der Waals surface area contributed by atoms with Gasteiger partial charge in [0.1, 0.15) is 11.4 Å². The number of amides is 2. The third-order valence-electron chi connectivity index (χ3n) is 1.82. The molecule has 18 heavy (non-hydrogen) atoms. The number of carbonyl (C=O) groups excluding carboxylic acids is 3. The van der Waals surface area contributed by atoms with Gasteiger partial charge in [-0.25, -0.2) is 4.79 Å². The SMILES string of the molecule is COC(=O)c1sccc1NC(=O)C(=O)NCC#N. The minimum atomic E-state index is -0.950. The second-order valence-electron chi connectivity index (χ2n) is 2.95. The summed E-state index contributed by atoms with van der Waals surface area (Å²) in [7, 11) is 1.22. The van der Waals surface area contributed by atoms with E-state index < -0.39 is 17.8 Å². The highest BCUT2D eigenvalue weighted by Crippen LogP contribution is 2.22. The van der Waals surface area contributed by atoms with Gasteiger partial charge in [0.2, 0.25) is 0 Å². The van der Waals surface area contributed by atoms with Gasteiger partial charge in [-0.05, 0) is 11.4 Å². The van der Waals surface area contributed by atoms with E-state index in [1.807, 2.05) is 0 Å². The zero-order valence-electron chi connectivity index (χ0n) is 9.35. The molecule has 1 aromatic rings. The van der Waals surface area contributed by atoms with Crippen molar-refractivity contribution in [2.45, 2.75) is 0 Å². The summed E-state index contributed by atoms with van der Waals surface area (Å²) in [6, 6.07) is 3.15.